The van der Waals surface area contributed by atoms with E-state index in [4.69, 9.17) is 10.8 Å². The lowest BCUT2D eigenvalue weighted by molar-refractivity contribution is -0.203. The van der Waals surface area contributed by atoms with E-state index in [1.54, 1.807) is 0 Å². The van der Waals surface area contributed by atoms with Crippen LogP contribution in [-0.4, -0.2) is 62.1 Å². The molecule has 7 N–H and O–H groups in total. The van der Waals surface area contributed by atoms with Crippen LogP contribution in [0.4, 0.5) is 0 Å². The molecule has 0 aromatic heterocycles. The Bertz CT molecular complexity index is 190. The summed E-state index contributed by atoms with van der Waals surface area (Å²) in [6.07, 6.45) is -4.53. The Morgan fingerprint density at radius 1 is 1.23 bits per heavy atom. The third-order valence-corrected chi connectivity index (χ3v) is 2.53. The van der Waals surface area contributed by atoms with Gasteiger partial charge >= 0.3 is 0 Å². The van der Waals surface area contributed by atoms with Gasteiger partial charge in [0.05, 0.1) is 12.7 Å². The largest absolute Gasteiger partial charge is 0.393 e. The minimum Gasteiger partial charge on any atom is -0.393 e. The Labute approximate surface area is 75.2 Å². The van der Waals surface area contributed by atoms with Gasteiger partial charge in [-0.3, -0.25) is 0 Å². The Kier molecular flexibility index (Phi) is 2.91. The summed E-state index contributed by atoms with van der Waals surface area (Å²) < 4.78 is 0. The maximum absolute atomic E-state index is 9.56. The van der Waals surface area contributed by atoms with Crippen molar-refractivity contribution in [1.82, 2.24) is 0 Å². The molecule has 1 rings (SSSR count). The van der Waals surface area contributed by atoms with Gasteiger partial charge in [-0.05, 0) is 6.42 Å². The molecule has 6 heteroatoms. The van der Waals surface area contributed by atoms with Gasteiger partial charge in [-0.1, -0.05) is 0 Å². The Hall–Kier alpha value is -0.240. The highest BCUT2D eigenvalue weighted by atomic mass is 16.4. The fourth-order valence-electron chi connectivity index (χ4n) is 1.57. The second kappa shape index (κ2) is 3.49. The van der Waals surface area contributed by atoms with Crippen molar-refractivity contribution in [1.29, 1.82) is 0 Å². The maximum Gasteiger partial charge on any atom is 0.118 e. The predicted molar refractivity (Wildman–Crippen MR) is 42.6 cm³/mol. The second-order valence-corrected chi connectivity index (χ2v) is 3.56. The normalized spacial score (nSPS) is 52.2. The lowest BCUT2D eigenvalue weighted by Crippen LogP contribution is -2.66. The van der Waals surface area contributed by atoms with Crippen molar-refractivity contribution < 1.29 is 25.5 Å². The summed E-state index contributed by atoms with van der Waals surface area (Å²) >= 11 is 0. The summed E-state index contributed by atoms with van der Waals surface area (Å²) in [5.74, 6) is 0. The molecule has 5 atom stereocenters. The molecule has 1 aliphatic rings. The van der Waals surface area contributed by atoms with E-state index >= 15 is 0 Å². The van der Waals surface area contributed by atoms with Crippen LogP contribution in [0.15, 0.2) is 0 Å². The van der Waals surface area contributed by atoms with E-state index in [2.05, 4.69) is 0 Å². The zero-order valence-corrected chi connectivity index (χ0v) is 7.04. The fourth-order valence-corrected chi connectivity index (χ4v) is 1.57. The van der Waals surface area contributed by atoms with E-state index < -0.39 is 36.6 Å². The summed E-state index contributed by atoms with van der Waals surface area (Å²) in [4.78, 5) is 0. The summed E-state index contributed by atoms with van der Waals surface area (Å²) in [5.41, 5.74) is 3.57. The zero-order chi connectivity index (χ0) is 10.2. The molecular formula is C7H15NO5. The van der Waals surface area contributed by atoms with Crippen molar-refractivity contribution in [3.63, 3.8) is 0 Å². The molecule has 1 fully saturated rings. The Morgan fingerprint density at radius 3 is 2.23 bits per heavy atom. The van der Waals surface area contributed by atoms with Crippen LogP contribution in [0, 0.1) is 0 Å². The molecule has 0 heterocycles. The average molecular weight is 193 g/mol. The molecule has 1 saturated carbocycles. The quantitative estimate of drug-likeness (QED) is 0.257. The van der Waals surface area contributed by atoms with Crippen molar-refractivity contribution in [2.45, 2.75) is 36.4 Å². The SMILES string of the molecule is N[C@@H]1C[C@@](O)(CO)[C@@H](O)[C@@H](O)[C@@H]1O. The lowest BCUT2D eigenvalue weighted by atomic mass is 9.77. The van der Waals surface area contributed by atoms with E-state index in [9.17, 15) is 20.4 Å². The summed E-state index contributed by atoms with van der Waals surface area (Å²) in [6.45, 7) is -0.703. The van der Waals surface area contributed by atoms with Crippen molar-refractivity contribution in [2.75, 3.05) is 6.61 Å². The number of aliphatic hydroxyl groups is 5. The number of nitrogens with two attached hydrogens (primary N) is 1. The number of hydrogen-bond acceptors (Lipinski definition) is 6. The van der Waals surface area contributed by atoms with Crippen LogP contribution in [0.5, 0.6) is 0 Å². The first-order valence-corrected chi connectivity index (χ1v) is 4.05. The molecule has 1 aliphatic carbocycles. The molecular weight excluding hydrogens is 178 g/mol. The van der Waals surface area contributed by atoms with E-state index in [0.717, 1.165) is 0 Å². The first-order chi connectivity index (χ1) is 5.92. The molecule has 0 spiro atoms. The fraction of sp³-hybridized carbons (Fsp3) is 1.00. The highest BCUT2D eigenvalue weighted by Crippen LogP contribution is 2.28. The molecule has 0 aliphatic heterocycles. The van der Waals surface area contributed by atoms with Crippen LogP contribution in [0.25, 0.3) is 0 Å². The van der Waals surface area contributed by atoms with Gasteiger partial charge in [0.15, 0.2) is 0 Å². The predicted octanol–water partition coefficient (Wildman–Crippen LogP) is -3.48. The maximum atomic E-state index is 9.56. The van der Waals surface area contributed by atoms with Gasteiger partial charge < -0.3 is 31.3 Å². The minimum atomic E-state index is -1.82. The number of hydrogen-bond donors (Lipinski definition) is 6. The first-order valence-electron chi connectivity index (χ1n) is 4.05. The van der Waals surface area contributed by atoms with Gasteiger partial charge in [-0.2, -0.15) is 0 Å². The molecule has 78 valence electrons. The van der Waals surface area contributed by atoms with Crippen molar-refractivity contribution in [3.05, 3.63) is 0 Å². The van der Waals surface area contributed by atoms with Crippen LogP contribution >= 0.6 is 0 Å². The highest BCUT2D eigenvalue weighted by molar-refractivity contribution is 5.03. The van der Waals surface area contributed by atoms with Gasteiger partial charge in [0.1, 0.15) is 17.8 Å². The second-order valence-electron chi connectivity index (χ2n) is 3.56. The third kappa shape index (κ3) is 1.69. The van der Waals surface area contributed by atoms with Gasteiger partial charge in [-0.25, -0.2) is 0 Å². The smallest absolute Gasteiger partial charge is 0.118 e. The highest BCUT2D eigenvalue weighted by Gasteiger charge is 2.49. The molecule has 0 aromatic rings. The van der Waals surface area contributed by atoms with Crippen molar-refractivity contribution >= 4 is 0 Å². The van der Waals surface area contributed by atoms with E-state index in [0.29, 0.717) is 0 Å². The summed E-state index contributed by atoms with van der Waals surface area (Å²) in [6, 6.07) is -0.851. The van der Waals surface area contributed by atoms with Gasteiger partial charge in [0.25, 0.3) is 0 Å². The van der Waals surface area contributed by atoms with E-state index in [-0.39, 0.29) is 6.42 Å². The molecule has 6 nitrogen and oxygen atoms in total. The van der Waals surface area contributed by atoms with Gasteiger partial charge in [-0.15, -0.1) is 0 Å². The van der Waals surface area contributed by atoms with Crippen molar-refractivity contribution in [3.8, 4) is 0 Å². The topological polar surface area (TPSA) is 127 Å². The number of rotatable bonds is 1. The van der Waals surface area contributed by atoms with Crippen LogP contribution in [0.2, 0.25) is 0 Å². The van der Waals surface area contributed by atoms with E-state index in [1.165, 1.54) is 0 Å². The average Bonchev–Trinajstić information content (AvgIpc) is 2.12. The van der Waals surface area contributed by atoms with E-state index in [1.807, 2.05) is 0 Å². The zero-order valence-electron chi connectivity index (χ0n) is 7.04. The molecule has 0 amide bonds. The first kappa shape index (κ1) is 10.8. The molecule has 0 aromatic carbocycles. The van der Waals surface area contributed by atoms with Crippen molar-refractivity contribution in [2.24, 2.45) is 5.73 Å². The molecule has 13 heavy (non-hydrogen) atoms. The standard InChI is InChI=1S/C7H15NO5/c8-3-1-7(13,2-9)6(12)5(11)4(3)10/h3-6,9-13H,1-2,8H2/t3-,4-,5+,6+,7-/m1/s1. The number of aliphatic hydroxyl groups excluding tert-OH is 4. The molecule has 0 radical (unpaired) electrons. The minimum absolute atomic E-state index is 0.150. The molecule has 0 saturated heterocycles. The summed E-state index contributed by atoms with van der Waals surface area (Å²) in [5, 5.41) is 46.1. The van der Waals surface area contributed by atoms with Crippen LogP contribution < -0.4 is 5.73 Å². The van der Waals surface area contributed by atoms with Gasteiger partial charge in [0.2, 0.25) is 0 Å². The van der Waals surface area contributed by atoms with Gasteiger partial charge in [0, 0.05) is 6.04 Å². The van der Waals surface area contributed by atoms with Crippen LogP contribution in [0.1, 0.15) is 6.42 Å². The monoisotopic (exact) mass is 193 g/mol. The Morgan fingerprint density at radius 2 is 1.77 bits per heavy atom. The summed E-state index contributed by atoms with van der Waals surface area (Å²) in [7, 11) is 0. The molecule has 0 unspecified atom stereocenters. The lowest BCUT2D eigenvalue weighted by Gasteiger charge is -2.43. The third-order valence-electron chi connectivity index (χ3n) is 2.53. The van der Waals surface area contributed by atoms with Crippen LogP contribution in [0.3, 0.4) is 0 Å². The van der Waals surface area contributed by atoms with Crippen LogP contribution in [-0.2, 0) is 0 Å². The molecule has 0 bridgehead atoms. The Balaban J connectivity index is 2.82.